The number of aliphatic hydroxyl groups is 2. The number of amides is 3. The van der Waals surface area contributed by atoms with Crippen LogP contribution in [0.1, 0.15) is 66.2 Å². The number of fused-ring (bicyclic) bond motifs is 2. The second-order valence-corrected chi connectivity index (χ2v) is 17.8. The summed E-state index contributed by atoms with van der Waals surface area (Å²) in [5, 5.41) is 36.0. The van der Waals surface area contributed by atoms with E-state index in [0.29, 0.717) is 94.6 Å². The first-order valence-corrected chi connectivity index (χ1v) is 23.7. The Labute approximate surface area is 420 Å². The highest BCUT2D eigenvalue weighted by molar-refractivity contribution is 6.12. The van der Waals surface area contributed by atoms with Crippen LogP contribution in [0.3, 0.4) is 0 Å². The summed E-state index contributed by atoms with van der Waals surface area (Å²) in [5.74, 6) is 0.203. The van der Waals surface area contributed by atoms with Crippen LogP contribution in [-0.2, 0) is 28.6 Å². The number of benzene rings is 2. The first-order chi connectivity index (χ1) is 34.5. The molecule has 1 aromatic heterocycles. The summed E-state index contributed by atoms with van der Waals surface area (Å²) in [6, 6.07) is 8.88. The Morgan fingerprint density at radius 1 is 0.889 bits per heavy atom. The number of aromatic nitrogens is 1. The van der Waals surface area contributed by atoms with Gasteiger partial charge in [-0.1, -0.05) is 55.8 Å². The smallest absolute Gasteiger partial charge is 0.405 e. The van der Waals surface area contributed by atoms with Crippen LogP contribution >= 0.6 is 0 Å². The van der Waals surface area contributed by atoms with Crippen molar-refractivity contribution in [2.75, 3.05) is 54.5 Å². The van der Waals surface area contributed by atoms with Gasteiger partial charge in [0.1, 0.15) is 18.0 Å². The van der Waals surface area contributed by atoms with Crippen molar-refractivity contribution in [1.82, 2.24) is 15.8 Å². The molecule has 0 saturated heterocycles. The number of anilines is 1. The first kappa shape index (κ1) is 56.0. The quantitative estimate of drug-likeness (QED) is 0.0607. The maximum atomic E-state index is 14.2. The predicted molar refractivity (Wildman–Crippen MR) is 269 cm³/mol. The van der Waals surface area contributed by atoms with Crippen molar-refractivity contribution in [3.8, 4) is 45.4 Å². The SMILES string of the molecule is COc1ccc(-c2cnoc2-c2cc(OC)c(OC)c(OC)c2)cc1NC(=O)CCCCCNC1=C2C[C@@H](C)C[C@H](OC)[C@@H](O)[C@@H](C)/C=C(\C)[C@H](OC(N)=O)[C@@H](OC)/C=C\C=C(/C)C(=O)NC(=CC1O)C2=O. The molecule has 19 heteroatoms. The number of rotatable bonds is 17. The second-order valence-electron chi connectivity index (χ2n) is 17.8. The van der Waals surface area contributed by atoms with Crippen LogP contribution in [0.15, 0.2) is 99.5 Å². The number of methoxy groups -OCH3 is 6. The Bertz CT molecular complexity index is 2540. The van der Waals surface area contributed by atoms with Crippen LogP contribution in [0, 0.1) is 11.8 Å². The maximum absolute atomic E-state index is 14.2. The topological polar surface area (TPSA) is 261 Å². The first-order valence-electron chi connectivity index (χ1n) is 23.7. The average Bonchev–Trinajstić information content (AvgIpc) is 3.86. The van der Waals surface area contributed by atoms with Crippen molar-refractivity contribution in [3.05, 3.63) is 95.0 Å². The molecule has 0 saturated carbocycles. The van der Waals surface area contributed by atoms with Gasteiger partial charge in [-0.15, -0.1) is 0 Å². The van der Waals surface area contributed by atoms with Crippen LogP contribution < -0.4 is 40.6 Å². The molecule has 1 aliphatic heterocycles. The number of hydrogen-bond donors (Lipinski definition) is 6. The van der Waals surface area contributed by atoms with Crippen molar-refractivity contribution >= 4 is 29.4 Å². The van der Waals surface area contributed by atoms with Crippen LogP contribution in [-0.4, -0.2) is 119 Å². The fraction of sp³-hybridized carbons (Fsp3) is 0.453. The van der Waals surface area contributed by atoms with Gasteiger partial charge in [0.05, 0.1) is 63.9 Å². The molecule has 1 unspecified atom stereocenters. The Kier molecular flexibility index (Phi) is 20.6. The summed E-state index contributed by atoms with van der Waals surface area (Å²) in [4.78, 5) is 52.9. The lowest BCUT2D eigenvalue weighted by atomic mass is 9.84. The molecule has 7 atom stereocenters. The van der Waals surface area contributed by atoms with Gasteiger partial charge in [0, 0.05) is 55.4 Å². The van der Waals surface area contributed by atoms with E-state index in [1.165, 1.54) is 54.8 Å². The highest BCUT2D eigenvalue weighted by atomic mass is 16.6. The molecule has 2 heterocycles. The summed E-state index contributed by atoms with van der Waals surface area (Å²) in [6.45, 7) is 7.38. The van der Waals surface area contributed by atoms with Crippen LogP contribution in [0.25, 0.3) is 22.5 Å². The maximum Gasteiger partial charge on any atom is 0.405 e. The normalized spacial score (nSPS) is 24.1. The highest BCUT2D eigenvalue weighted by Gasteiger charge is 2.34. The number of carbonyl (C=O) groups is 4. The van der Waals surface area contributed by atoms with Crippen LogP contribution in [0.5, 0.6) is 23.0 Å². The van der Waals surface area contributed by atoms with Gasteiger partial charge in [-0.2, -0.15) is 0 Å². The summed E-state index contributed by atoms with van der Waals surface area (Å²) >= 11 is 0. The van der Waals surface area contributed by atoms with Crippen molar-refractivity contribution in [2.24, 2.45) is 17.6 Å². The van der Waals surface area contributed by atoms with E-state index in [-0.39, 0.29) is 41.5 Å². The number of primary amides is 1. The van der Waals surface area contributed by atoms with Gasteiger partial charge in [0.25, 0.3) is 5.91 Å². The lowest BCUT2D eigenvalue weighted by Gasteiger charge is -2.30. The molecule has 2 aliphatic rings. The number of nitrogens with one attached hydrogen (secondary N) is 3. The molecular weight excluding hydrogens is 931 g/mol. The minimum Gasteiger partial charge on any atom is -0.495 e. The minimum absolute atomic E-state index is 0.0787. The molecule has 1 aliphatic carbocycles. The Morgan fingerprint density at radius 3 is 2.24 bits per heavy atom. The van der Waals surface area contributed by atoms with Crippen molar-refractivity contribution in [1.29, 1.82) is 0 Å². The van der Waals surface area contributed by atoms with E-state index in [4.69, 9.17) is 43.4 Å². The van der Waals surface area contributed by atoms with E-state index in [1.807, 2.05) is 13.0 Å². The van der Waals surface area contributed by atoms with E-state index in [2.05, 4.69) is 21.1 Å². The molecular formula is C53H69N5O14. The summed E-state index contributed by atoms with van der Waals surface area (Å²) < 4.78 is 44.7. The zero-order chi connectivity index (χ0) is 52.6. The lowest BCUT2D eigenvalue weighted by Crippen LogP contribution is -2.38. The molecule has 7 N–H and O–H groups in total. The summed E-state index contributed by atoms with van der Waals surface area (Å²) in [7, 11) is 9.01. The predicted octanol–water partition coefficient (Wildman–Crippen LogP) is 6.70. The van der Waals surface area contributed by atoms with Crippen LogP contribution in [0.4, 0.5) is 10.5 Å². The molecule has 3 amide bonds. The molecule has 0 spiro atoms. The monoisotopic (exact) mass is 999 g/mol. The van der Waals surface area contributed by atoms with Crippen molar-refractivity contribution < 1.29 is 67.1 Å². The third kappa shape index (κ3) is 14.1. The number of unbranched alkanes of at least 4 members (excludes halogenated alkanes) is 2. The molecule has 2 aromatic carbocycles. The number of aliphatic hydroxyl groups excluding tert-OH is 2. The summed E-state index contributed by atoms with van der Waals surface area (Å²) in [6.07, 6.45) is 6.05. The fourth-order valence-electron chi connectivity index (χ4n) is 8.76. The third-order valence-corrected chi connectivity index (χ3v) is 12.6. The zero-order valence-corrected chi connectivity index (χ0v) is 42.7. The van der Waals surface area contributed by atoms with E-state index < -0.39 is 54.2 Å². The summed E-state index contributed by atoms with van der Waals surface area (Å²) in [5.41, 5.74) is 9.19. The minimum atomic E-state index is -1.26. The second kappa shape index (κ2) is 26.5. The molecule has 0 fully saturated rings. The lowest BCUT2D eigenvalue weighted by molar-refractivity contribution is -0.119. The van der Waals surface area contributed by atoms with Gasteiger partial charge in [0.15, 0.2) is 23.4 Å². The zero-order valence-electron chi connectivity index (χ0n) is 42.7. The van der Waals surface area contributed by atoms with E-state index >= 15 is 0 Å². The number of Topliss-reactive ketones (excluding diaryl/α,β-unsaturated/α-hetero) is 1. The Hall–Kier alpha value is -6.93. The standard InChI is InChI=1S/C53H69N5O14/c1-29-21-35-46(39(59)27-38(48(35)62)58-52(63)30(2)15-14-16-41(66-6)49(71-53(54)64)32(4)23-31(3)47(61)42(22-29)67-7)55-20-13-11-12-17-45(60)57-37-24-33(18-19-40(37)65-5)36-28-56-72-50(36)34-25-43(68-8)51(70-10)44(26-34)69-9/h14-16,18-19,23-29,31,39,41-42,47,49,55,59,61H,11-13,17,20-22H2,1-10H3,(H2,54,64)(H,57,60)(H,58,63)/b16-14-,30-15+,32-23+/t29-,31+,39?,41+,42+,47+,49+/m1/s1. The van der Waals surface area contributed by atoms with Gasteiger partial charge in [-0.3, -0.25) is 14.4 Å². The molecule has 3 aromatic rings. The number of allylic oxidation sites excluding steroid dienone is 3. The number of nitrogens with two attached hydrogens (primary N) is 1. The fourth-order valence-corrected chi connectivity index (χ4v) is 8.76. The number of ketones is 1. The van der Waals surface area contributed by atoms with Gasteiger partial charge >= 0.3 is 6.09 Å². The van der Waals surface area contributed by atoms with E-state index in [0.717, 1.165) is 0 Å². The van der Waals surface area contributed by atoms with E-state index in [9.17, 15) is 29.4 Å². The van der Waals surface area contributed by atoms with Gasteiger partial charge in [0.2, 0.25) is 17.4 Å². The van der Waals surface area contributed by atoms with E-state index in [1.54, 1.807) is 69.5 Å². The third-order valence-electron chi connectivity index (χ3n) is 12.6. The van der Waals surface area contributed by atoms with Crippen molar-refractivity contribution in [3.63, 3.8) is 0 Å². The molecule has 0 radical (unpaired) electrons. The average molecular weight is 1000 g/mol. The number of hydrogen-bond acceptors (Lipinski definition) is 16. The molecule has 72 heavy (non-hydrogen) atoms. The van der Waals surface area contributed by atoms with Crippen LogP contribution in [0.2, 0.25) is 0 Å². The highest BCUT2D eigenvalue weighted by Crippen LogP contribution is 2.44. The van der Waals surface area contributed by atoms with Crippen molar-refractivity contribution in [2.45, 2.75) is 96.7 Å². The Morgan fingerprint density at radius 2 is 1.60 bits per heavy atom. The van der Waals surface area contributed by atoms with Gasteiger partial charge < -0.3 is 69.6 Å². The van der Waals surface area contributed by atoms with Gasteiger partial charge in [-0.25, -0.2) is 4.79 Å². The molecule has 390 valence electrons. The molecule has 5 rings (SSSR count). The number of ether oxygens (including phenoxy) is 7. The molecule has 2 bridgehead atoms. The largest absolute Gasteiger partial charge is 0.495 e. The number of carbonyl (C=O) groups excluding carboxylic acids is 4. The molecule has 19 nitrogen and oxygen atoms in total. The number of nitrogens with zero attached hydrogens (tertiary/aromatic N) is 1. The Balaban J connectivity index is 1.27. The van der Waals surface area contributed by atoms with Gasteiger partial charge in [-0.05, 0) is 86.9 Å².